The molecule has 172 valence electrons. The molecule has 0 amide bonds. The van der Waals surface area contributed by atoms with Gasteiger partial charge in [0.25, 0.3) is 0 Å². The Morgan fingerprint density at radius 3 is 1.81 bits per heavy atom. The molecule has 3 aromatic rings. The van der Waals surface area contributed by atoms with Gasteiger partial charge in [0.1, 0.15) is 29.2 Å². The minimum Gasteiger partial charge on any atom is -0.497 e. The number of aliphatic hydroxyl groups excluding tert-OH is 1. The Morgan fingerprint density at radius 2 is 1.44 bits per heavy atom. The first-order valence-electron chi connectivity index (χ1n) is 10.0. The highest BCUT2D eigenvalue weighted by molar-refractivity contribution is 7.89. The van der Waals surface area contributed by atoms with E-state index in [0.29, 0.717) is 11.5 Å². The second kappa shape index (κ2) is 10.1. The molecule has 0 bridgehead atoms. The molecule has 0 aliphatic carbocycles. The number of benzene rings is 2. The fourth-order valence-electron chi connectivity index (χ4n) is 3.29. The van der Waals surface area contributed by atoms with E-state index in [0.717, 1.165) is 11.1 Å². The molecular formula is C22H28N4O5S. The molecule has 32 heavy (non-hydrogen) atoms. The number of methoxy groups -OCH3 is 2. The summed E-state index contributed by atoms with van der Waals surface area (Å²) < 4.78 is 40.3. The molecule has 0 spiro atoms. The molecule has 3 rings (SSSR count). The van der Waals surface area contributed by atoms with Crippen LogP contribution < -0.4 is 9.47 Å². The van der Waals surface area contributed by atoms with Gasteiger partial charge in [0.2, 0.25) is 10.0 Å². The standard InChI is InChI=1S/C22H28N4O5S/c1-16(21(27)22-23-15-24-25(22)2)32(28,29)26(13-17-5-9-19(30-3)10-6-17)14-18-7-11-20(31-4)12-8-18/h5-12,15-16,21,27H,13-14H2,1-4H3/t16-,21-/m0/s1. The number of hydrogen-bond acceptors (Lipinski definition) is 7. The summed E-state index contributed by atoms with van der Waals surface area (Å²) in [6, 6.07) is 14.4. The van der Waals surface area contributed by atoms with E-state index in [2.05, 4.69) is 10.1 Å². The van der Waals surface area contributed by atoms with Gasteiger partial charge in [0.05, 0.1) is 14.2 Å². The van der Waals surface area contributed by atoms with Crippen molar-refractivity contribution >= 4 is 10.0 Å². The second-order valence-electron chi connectivity index (χ2n) is 7.40. The third-order valence-corrected chi connectivity index (χ3v) is 7.50. The zero-order valence-electron chi connectivity index (χ0n) is 18.5. The van der Waals surface area contributed by atoms with Crippen LogP contribution >= 0.6 is 0 Å². The summed E-state index contributed by atoms with van der Waals surface area (Å²) >= 11 is 0. The van der Waals surface area contributed by atoms with Crippen molar-refractivity contribution in [2.45, 2.75) is 31.4 Å². The molecule has 0 unspecified atom stereocenters. The SMILES string of the molecule is COc1ccc(CN(Cc2ccc(OC)cc2)S(=O)(=O)[C@@H](C)[C@H](O)c2ncnn2C)cc1. The third kappa shape index (κ3) is 5.26. The van der Waals surface area contributed by atoms with E-state index in [-0.39, 0.29) is 18.9 Å². The van der Waals surface area contributed by atoms with Crippen LogP contribution in [0.1, 0.15) is 30.0 Å². The zero-order valence-corrected chi connectivity index (χ0v) is 19.4. The minimum absolute atomic E-state index is 0.133. The molecule has 0 saturated heterocycles. The highest BCUT2D eigenvalue weighted by atomic mass is 32.2. The van der Waals surface area contributed by atoms with Crippen molar-refractivity contribution in [2.75, 3.05) is 14.2 Å². The normalized spacial score (nSPS) is 13.7. The van der Waals surface area contributed by atoms with Crippen LogP contribution in [0, 0.1) is 0 Å². The van der Waals surface area contributed by atoms with Crippen molar-refractivity contribution in [3.05, 3.63) is 71.8 Å². The number of aryl methyl sites for hydroxylation is 1. The first-order chi connectivity index (χ1) is 15.3. The highest BCUT2D eigenvalue weighted by Crippen LogP contribution is 2.26. The van der Waals surface area contributed by atoms with Gasteiger partial charge in [-0.3, -0.25) is 4.68 Å². The highest BCUT2D eigenvalue weighted by Gasteiger charge is 2.36. The van der Waals surface area contributed by atoms with E-state index in [1.807, 2.05) is 24.3 Å². The monoisotopic (exact) mass is 460 g/mol. The lowest BCUT2D eigenvalue weighted by atomic mass is 10.2. The van der Waals surface area contributed by atoms with Crippen LogP contribution in [0.4, 0.5) is 0 Å². The maximum absolute atomic E-state index is 13.6. The number of nitrogens with zero attached hydrogens (tertiary/aromatic N) is 4. The van der Waals surface area contributed by atoms with Gasteiger partial charge in [0.15, 0.2) is 5.82 Å². The van der Waals surface area contributed by atoms with Crippen molar-refractivity contribution < 1.29 is 23.0 Å². The molecule has 0 radical (unpaired) electrons. The number of sulfonamides is 1. The van der Waals surface area contributed by atoms with E-state index in [1.54, 1.807) is 45.5 Å². The number of hydrogen-bond donors (Lipinski definition) is 1. The summed E-state index contributed by atoms with van der Waals surface area (Å²) in [6.07, 6.45) is -0.0496. The molecule has 0 fully saturated rings. The summed E-state index contributed by atoms with van der Waals surface area (Å²) in [5.41, 5.74) is 1.59. The first kappa shape index (κ1) is 23.7. The molecule has 0 aliphatic heterocycles. The topological polar surface area (TPSA) is 107 Å². The molecule has 1 heterocycles. The van der Waals surface area contributed by atoms with E-state index in [4.69, 9.17) is 9.47 Å². The van der Waals surface area contributed by atoms with Crippen molar-refractivity contribution in [2.24, 2.45) is 7.05 Å². The Hall–Kier alpha value is -2.95. The van der Waals surface area contributed by atoms with Gasteiger partial charge in [-0.2, -0.15) is 9.40 Å². The number of aliphatic hydroxyl groups is 1. The third-order valence-electron chi connectivity index (χ3n) is 5.32. The van der Waals surface area contributed by atoms with Crippen LogP contribution in [0.15, 0.2) is 54.9 Å². The minimum atomic E-state index is -3.93. The summed E-state index contributed by atoms with van der Waals surface area (Å²) in [5, 5.41) is 13.5. The van der Waals surface area contributed by atoms with Crippen LogP contribution in [-0.4, -0.2) is 52.1 Å². The fourth-order valence-corrected chi connectivity index (χ4v) is 4.86. The van der Waals surface area contributed by atoms with Crippen LogP contribution in [-0.2, 0) is 30.2 Å². The maximum Gasteiger partial charge on any atom is 0.220 e. The molecule has 0 aliphatic rings. The van der Waals surface area contributed by atoms with E-state index < -0.39 is 21.4 Å². The van der Waals surface area contributed by atoms with Gasteiger partial charge in [-0.15, -0.1) is 0 Å². The molecule has 1 N–H and O–H groups in total. The average Bonchev–Trinajstić information content (AvgIpc) is 3.24. The van der Waals surface area contributed by atoms with Crippen LogP contribution in [0.2, 0.25) is 0 Å². The Balaban J connectivity index is 1.91. The summed E-state index contributed by atoms with van der Waals surface area (Å²) in [4.78, 5) is 4.01. The van der Waals surface area contributed by atoms with Crippen molar-refractivity contribution in [1.29, 1.82) is 0 Å². The summed E-state index contributed by atoms with van der Waals surface area (Å²) in [5.74, 6) is 1.56. The number of rotatable bonds is 10. The smallest absolute Gasteiger partial charge is 0.220 e. The van der Waals surface area contributed by atoms with Gasteiger partial charge in [-0.05, 0) is 42.3 Å². The quantitative estimate of drug-likeness (QED) is 0.495. The predicted octanol–water partition coefficient (Wildman–Crippen LogP) is 2.29. The molecule has 9 nitrogen and oxygen atoms in total. The maximum atomic E-state index is 13.6. The molecular weight excluding hydrogens is 432 g/mol. The summed E-state index contributed by atoms with van der Waals surface area (Å²) in [6.45, 7) is 1.74. The second-order valence-corrected chi connectivity index (χ2v) is 9.69. The Labute approximate surface area is 188 Å². The molecule has 2 atom stereocenters. The van der Waals surface area contributed by atoms with Crippen molar-refractivity contribution in [3.8, 4) is 11.5 Å². The Morgan fingerprint density at radius 1 is 0.969 bits per heavy atom. The van der Waals surface area contributed by atoms with Gasteiger partial charge in [-0.1, -0.05) is 24.3 Å². The number of ether oxygens (including phenoxy) is 2. The van der Waals surface area contributed by atoms with Crippen LogP contribution in [0.3, 0.4) is 0 Å². The lowest BCUT2D eigenvalue weighted by molar-refractivity contribution is 0.158. The zero-order chi connectivity index (χ0) is 23.3. The summed E-state index contributed by atoms with van der Waals surface area (Å²) in [7, 11) is 0.826. The lowest BCUT2D eigenvalue weighted by Gasteiger charge is -2.28. The van der Waals surface area contributed by atoms with Crippen LogP contribution in [0.5, 0.6) is 11.5 Å². The van der Waals surface area contributed by atoms with Gasteiger partial charge < -0.3 is 14.6 Å². The average molecular weight is 461 g/mol. The lowest BCUT2D eigenvalue weighted by Crippen LogP contribution is -2.40. The van der Waals surface area contributed by atoms with Crippen molar-refractivity contribution in [3.63, 3.8) is 0 Å². The Kier molecular flexibility index (Phi) is 7.49. The largest absolute Gasteiger partial charge is 0.497 e. The van der Waals surface area contributed by atoms with E-state index in [9.17, 15) is 13.5 Å². The molecule has 10 heteroatoms. The fraction of sp³-hybridized carbons (Fsp3) is 0.364. The van der Waals surface area contributed by atoms with E-state index >= 15 is 0 Å². The van der Waals surface area contributed by atoms with Gasteiger partial charge in [0, 0.05) is 20.1 Å². The molecule has 1 aromatic heterocycles. The Bertz CT molecular complexity index is 1060. The van der Waals surface area contributed by atoms with Crippen LogP contribution in [0.25, 0.3) is 0 Å². The van der Waals surface area contributed by atoms with Gasteiger partial charge in [-0.25, -0.2) is 13.4 Å². The molecule has 2 aromatic carbocycles. The van der Waals surface area contributed by atoms with Gasteiger partial charge >= 0.3 is 0 Å². The predicted molar refractivity (Wildman–Crippen MR) is 120 cm³/mol. The molecule has 0 saturated carbocycles. The first-order valence-corrected chi connectivity index (χ1v) is 11.5. The van der Waals surface area contributed by atoms with Crippen molar-refractivity contribution in [1.82, 2.24) is 19.1 Å². The number of aromatic nitrogens is 3. The van der Waals surface area contributed by atoms with E-state index in [1.165, 1.54) is 22.2 Å².